The number of nitrogens with two attached hydrogens (primary N) is 1. The molecule has 1 heteroatoms. The Morgan fingerprint density at radius 2 is 1.82 bits per heavy atom. The molecule has 0 aromatic heterocycles. The molecule has 0 aromatic rings. The van der Waals surface area contributed by atoms with Gasteiger partial charge in [-0.15, -0.1) is 0 Å². The zero-order valence-electron chi connectivity index (χ0n) is 6.97. The summed E-state index contributed by atoms with van der Waals surface area (Å²) in [6, 6.07) is 0. The fourth-order valence-corrected chi connectivity index (χ4v) is 3.87. The molecule has 0 spiro atoms. The third-order valence-corrected chi connectivity index (χ3v) is 3.81. The van der Waals surface area contributed by atoms with E-state index in [4.69, 9.17) is 5.73 Å². The number of rotatable bonds is 0. The maximum Gasteiger partial charge on any atom is 0.108 e. The molecule has 4 aliphatic rings. The van der Waals surface area contributed by atoms with Crippen LogP contribution in [0.15, 0.2) is 0 Å². The van der Waals surface area contributed by atoms with E-state index < -0.39 is 0 Å². The van der Waals surface area contributed by atoms with E-state index >= 15 is 0 Å². The fourth-order valence-electron chi connectivity index (χ4n) is 3.87. The van der Waals surface area contributed by atoms with Gasteiger partial charge in [0.1, 0.15) is 6.42 Å². The van der Waals surface area contributed by atoms with E-state index in [9.17, 15) is 0 Å². The molecule has 4 bridgehead atoms. The van der Waals surface area contributed by atoms with Crippen LogP contribution in [0.1, 0.15) is 38.5 Å². The van der Waals surface area contributed by atoms with Gasteiger partial charge in [-0.3, -0.25) is 0 Å². The van der Waals surface area contributed by atoms with Crippen molar-refractivity contribution in [2.45, 2.75) is 44.1 Å². The van der Waals surface area contributed by atoms with Crippen LogP contribution in [0.5, 0.6) is 0 Å². The van der Waals surface area contributed by atoms with E-state index in [0.29, 0.717) is 0 Å². The first-order valence-electron chi connectivity index (χ1n) is 4.86. The van der Waals surface area contributed by atoms with Gasteiger partial charge >= 0.3 is 0 Å². The molecule has 11 heavy (non-hydrogen) atoms. The smallest absolute Gasteiger partial charge is 0.108 e. The molecule has 0 heterocycles. The van der Waals surface area contributed by atoms with Crippen LogP contribution < -0.4 is 5.73 Å². The van der Waals surface area contributed by atoms with Gasteiger partial charge in [0.25, 0.3) is 0 Å². The van der Waals surface area contributed by atoms with E-state index in [2.05, 4.69) is 0 Å². The lowest BCUT2D eigenvalue weighted by Gasteiger charge is -2.49. The van der Waals surface area contributed by atoms with E-state index in [0.717, 1.165) is 11.8 Å². The highest BCUT2D eigenvalue weighted by Gasteiger charge is 2.55. The molecule has 2 unspecified atom stereocenters. The molecule has 2 N–H and O–H groups in total. The first kappa shape index (κ1) is 6.36. The second-order valence-electron chi connectivity index (χ2n) is 5.07. The second-order valence-corrected chi connectivity index (χ2v) is 5.07. The summed E-state index contributed by atoms with van der Waals surface area (Å²) in [5.41, 5.74) is 6.56. The van der Waals surface area contributed by atoms with Crippen molar-refractivity contribution in [3.63, 3.8) is 0 Å². The predicted molar refractivity (Wildman–Crippen MR) is 44.8 cm³/mol. The standard InChI is InChI=1S/C10H16N/c11-10-4-7-1-8(5-10)3-9(2-7)6-10/h7-8H,1-6,11H2/q+1. The van der Waals surface area contributed by atoms with Gasteiger partial charge in [-0.25, -0.2) is 0 Å². The summed E-state index contributed by atoms with van der Waals surface area (Å²) in [5.74, 6) is 3.76. The van der Waals surface area contributed by atoms with Crippen LogP contribution in [-0.4, -0.2) is 5.54 Å². The normalized spacial score (nSPS) is 53.7. The van der Waals surface area contributed by atoms with Crippen molar-refractivity contribution >= 4 is 0 Å². The first-order chi connectivity index (χ1) is 5.23. The van der Waals surface area contributed by atoms with Gasteiger partial charge in [-0.1, -0.05) is 0 Å². The van der Waals surface area contributed by atoms with Crippen molar-refractivity contribution in [1.29, 1.82) is 0 Å². The molecule has 4 saturated carbocycles. The van der Waals surface area contributed by atoms with Gasteiger partial charge in [0, 0.05) is 11.8 Å². The second kappa shape index (κ2) is 1.77. The summed E-state index contributed by atoms with van der Waals surface area (Å²) in [5, 5.41) is 0. The maximum atomic E-state index is 6.30. The van der Waals surface area contributed by atoms with Crippen molar-refractivity contribution in [2.75, 3.05) is 0 Å². The maximum absolute atomic E-state index is 6.30. The summed E-state index contributed by atoms with van der Waals surface area (Å²) in [4.78, 5) is 0. The quantitative estimate of drug-likeness (QED) is 0.524. The van der Waals surface area contributed by atoms with Gasteiger partial charge in [-0.05, 0) is 19.3 Å². The zero-order valence-corrected chi connectivity index (χ0v) is 6.97. The molecule has 4 aliphatic carbocycles. The van der Waals surface area contributed by atoms with Crippen LogP contribution in [0.4, 0.5) is 0 Å². The minimum absolute atomic E-state index is 0.263. The molecule has 0 radical (unpaired) electrons. The molecule has 60 valence electrons. The minimum Gasteiger partial charge on any atom is -0.322 e. The monoisotopic (exact) mass is 150 g/mol. The summed E-state index contributed by atoms with van der Waals surface area (Å²) in [6.07, 6.45) is 8.26. The molecule has 2 atom stereocenters. The van der Waals surface area contributed by atoms with Crippen LogP contribution in [-0.2, 0) is 0 Å². The molecule has 0 amide bonds. The van der Waals surface area contributed by atoms with Crippen molar-refractivity contribution in [3.8, 4) is 0 Å². The molecule has 0 aromatic carbocycles. The summed E-state index contributed by atoms with van der Waals surface area (Å²) in [7, 11) is 0. The highest BCUT2D eigenvalue weighted by molar-refractivity contribution is 5.16. The highest BCUT2D eigenvalue weighted by Crippen LogP contribution is 2.55. The SMILES string of the molecule is NC12C[C+]3CC(CC(C3)C1)C2. The average molecular weight is 150 g/mol. The number of hydrogen-bond donors (Lipinski definition) is 1. The lowest BCUT2D eigenvalue weighted by molar-refractivity contribution is 0.0675. The van der Waals surface area contributed by atoms with Crippen LogP contribution >= 0.6 is 0 Å². The Morgan fingerprint density at radius 1 is 1.18 bits per heavy atom. The van der Waals surface area contributed by atoms with Gasteiger partial charge in [0.15, 0.2) is 0 Å². The summed E-state index contributed by atoms with van der Waals surface area (Å²) in [6.45, 7) is 0. The Morgan fingerprint density at radius 3 is 2.27 bits per heavy atom. The van der Waals surface area contributed by atoms with E-state index in [1.54, 1.807) is 5.92 Å². The lowest BCUT2D eigenvalue weighted by atomic mass is 9.53. The molecule has 0 aliphatic heterocycles. The van der Waals surface area contributed by atoms with E-state index in [1.807, 2.05) is 0 Å². The van der Waals surface area contributed by atoms with Crippen LogP contribution in [0.2, 0.25) is 0 Å². The zero-order chi connectivity index (χ0) is 7.47. The van der Waals surface area contributed by atoms with Crippen molar-refractivity contribution in [3.05, 3.63) is 5.92 Å². The van der Waals surface area contributed by atoms with Crippen molar-refractivity contribution in [1.82, 2.24) is 0 Å². The Bertz CT molecular complexity index is 150. The number of hydrogen-bond acceptors (Lipinski definition) is 1. The third-order valence-electron chi connectivity index (χ3n) is 3.81. The Hall–Kier alpha value is -0.170. The molecule has 1 nitrogen and oxygen atoms in total. The van der Waals surface area contributed by atoms with E-state index in [-0.39, 0.29) is 5.54 Å². The first-order valence-corrected chi connectivity index (χ1v) is 4.86. The fraction of sp³-hybridized carbons (Fsp3) is 0.900. The summed E-state index contributed by atoms with van der Waals surface area (Å²) < 4.78 is 0. The largest absolute Gasteiger partial charge is 0.322 e. The Kier molecular flexibility index (Phi) is 1.02. The predicted octanol–water partition coefficient (Wildman–Crippen LogP) is 1.87. The van der Waals surface area contributed by atoms with E-state index in [1.165, 1.54) is 38.5 Å². The molecular formula is C10H16N+. The minimum atomic E-state index is 0.263. The van der Waals surface area contributed by atoms with Crippen molar-refractivity contribution in [2.24, 2.45) is 17.6 Å². The average Bonchev–Trinajstić information content (AvgIpc) is 1.79. The lowest BCUT2D eigenvalue weighted by Crippen LogP contribution is -2.55. The van der Waals surface area contributed by atoms with Gasteiger partial charge in [0.05, 0.1) is 24.3 Å². The van der Waals surface area contributed by atoms with Crippen LogP contribution in [0.25, 0.3) is 0 Å². The van der Waals surface area contributed by atoms with Crippen LogP contribution in [0.3, 0.4) is 0 Å². The topological polar surface area (TPSA) is 26.0 Å². The molecule has 4 rings (SSSR count). The van der Waals surface area contributed by atoms with Crippen molar-refractivity contribution < 1.29 is 0 Å². The molecule has 0 saturated heterocycles. The third kappa shape index (κ3) is 0.837. The van der Waals surface area contributed by atoms with Gasteiger partial charge in [-0.2, -0.15) is 0 Å². The highest BCUT2D eigenvalue weighted by atomic mass is 14.8. The van der Waals surface area contributed by atoms with Gasteiger partial charge < -0.3 is 5.73 Å². The molecule has 4 fully saturated rings. The van der Waals surface area contributed by atoms with Gasteiger partial charge in [0.2, 0.25) is 0 Å². The molecular weight excluding hydrogens is 134 g/mol. The Labute approximate surface area is 68.3 Å². The Balaban J connectivity index is 1.94. The van der Waals surface area contributed by atoms with Crippen LogP contribution in [0, 0.1) is 17.8 Å². The summed E-state index contributed by atoms with van der Waals surface area (Å²) >= 11 is 0.